The molecule has 1 heterocycles. The Balaban J connectivity index is 1.16. The second-order valence-corrected chi connectivity index (χ2v) is 10.8. The Kier molecular flexibility index (Phi) is 8.65. The average Bonchev–Trinajstić information content (AvgIpc) is 3.34. The summed E-state index contributed by atoms with van der Waals surface area (Å²) >= 11 is 0. The van der Waals surface area contributed by atoms with Crippen LogP contribution in [0.2, 0.25) is 0 Å². The predicted molar refractivity (Wildman–Crippen MR) is 126 cm³/mol. The summed E-state index contributed by atoms with van der Waals surface area (Å²) in [6, 6.07) is 0.411. The normalized spacial score (nSPS) is 36.8. The number of methoxy groups -OCH3 is 2. The topological polar surface area (TPSA) is 101 Å². The van der Waals surface area contributed by atoms with Crippen LogP contribution in [-0.4, -0.2) is 63.2 Å². The molecule has 1 amide bonds. The Labute approximate surface area is 198 Å². The van der Waals surface area contributed by atoms with Crippen LogP contribution in [0.4, 0.5) is 0 Å². The average molecular weight is 465 g/mol. The second kappa shape index (κ2) is 11.5. The Bertz CT molecular complexity index is 645. The van der Waals surface area contributed by atoms with Crippen LogP contribution >= 0.6 is 0 Å². The molecule has 0 unspecified atom stereocenters. The predicted octanol–water partition coefficient (Wildman–Crippen LogP) is 2.03. The fourth-order valence-corrected chi connectivity index (χ4v) is 6.58. The number of hydrogen-bond acceptors (Lipinski definition) is 7. The van der Waals surface area contributed by atoms with E-state index in [2.05, 4.69) is 21.3 Å². The molecule has 8 heteroatoms. The Hall–Kier alpha value is -1.22. The molecule has 3 saturated carbocycles. The van der Waals surface area contributed by atoms with Gasteiger partial charge in [-0.2, -0.15) is 0 Å². The summed E-state index contributed by atoms with van der Waals surface area (Å²) in [5.74, 6) is 1.21. The number of esters is 1. The number of amides is 1. The van der Waals surface area contributed by atoms with Gasteiger partial charge in [0.1, 0.15) is 11.8 Å². The third-order valence-corrected chi connectivity index (χ3v) is 8.78. The molecule has 4 rings (SSSR count). The van der Waals surface area contributed by atoms with Gasteiger partial charge in [-0.3, -0.25) is 20.7 Å². The lowest BCUT2D eigenvalue weighted by Crippen LogP contribution is -2.63. The molecule has 1 saturated heterocycles. The van der Waals surface area contributed by atoms with E-state index < -0.39 is 5.54 Å². The summed E-state index contributed by atoms with van der Waals surface area (Å²) in [5.41, 5.74) is -0.795. The van der Waals surface area contributed by atoms with Crippen molar-refractivity contribution in [2.24, 2.45) is 17.8 Å². The van der Waals surface area contributed by atoms with E-state index in [0.717, 1.165) is 57.5 Å². The molecule has 3 aliphatic carbocycles. The Morgan fingerprint density at radius 3 is 2.06 bits per heavy atom. The minimum absolute atomic E-state index is 0.0101. The maximum atomic E-state index is 12.9. The van der Waals surface area contributed by atoms with Crippen LogP contribution in [0.15, 0.2) is 0 Å². The van der Waals surface area contributed by atoms with Gasteiger partial charge in [-0.1, -0.05) is 12.8 Å². The van der Waals surface area contributed by atoms with Crippen molar-refractivity contribution in [1.82, 2.24) is 21.3 Å². The number of nitrogens with one attached hydrogen (secondary N) is 4. The summed E-state index contributed by atoms with van der Waals surface area (Å²) in [4.78, 5) is 25.2. The first-order valence-corrected chi connectivity index (χ1v) is 13.2. The quantitative estimate of drug-likeness (QED) is 0.428. The van der Waals surface area contributed by atoms with Gasteiger partial charge in [-0.15, -0.1) is 0 Å². The van der Waals surface area contributed by atoms with Crippen LogP contribution in [0.1, 0.15) is 77.0 Å². The fraction of sp³-hybridized carbons (Fsp3) is 0.920. The third-order valence-electron chi connectivity index (χ3n) is 8.78. The van der Waals surface area contributed by atoms with E-state index in [1.165, 1.54) is 32.8 Å². The monoisotopic (exact) mass is 464 g/mol. The highest BCUT2D eigenvalue weighted by molar-refractivity contribution is 5.89. The standard InChI is InChI=1S/C25H44N4O4/c1-32-21-11-7-17(8-12-21)19-15-26-24(27-16-19)28-20-9-5-18(6-10-20)22(30)29-25(23(31)33-2)13-3-4-14-25/h17-21,24,26-28H,3-16H2,1-2H3,(H,29,30). The molecule has 0 spiro atoms. The molecular weight excluding hydrogens is 420 g/mol. The van der Waals surface area contributed by atoms with Crippen molar-refractivity contribution in [2.45, 2.75) is 101 Å². The Morgan fingerprint density at radius 2 is 1.48 bits per heavy atom. The van der Waals surface area contributed by atoms with E-state index in [0.29, 0.717) is 30.9 Å². The molecule has 188 valence electrons. The molecule has 4 aliphatic rings. The maximum Gasteiger partial charge on any atom is 0.331 e. The lowest BCUT2D eigenvalue weighted by atomic mass is 9.78. The molecule has 0 aromatic rings. The zero-order chi connectivity index (χ0) is 23.3. The Morgan fingerprint density at radius 1 is 0.848 bits per heavy atom. The van der Waals surface area contributed by atoms with E-state index >= 15 is 0 Å². The van der Waals surface area contributed by atoms with E-state index in [1.54, 1.807) is 0 Å². The van der Waals surface area contributed by atoms with Gasteiger partial charge in [-0.05, 0) is 76.0 Å². The summed E-state index contributed by atoms with van der Waals surface area (Å²) in [7, 11) is 3.24. The van der Waals surface area contributed by atoms with Crippen LogP contribution in [0.25, 0.3) is 0 Å². The van der Waals surface area contributed by atoms with Crippen molar-refractivity contribution >= 4 is 11.9 Å². The third kappa shape index (κ3) is 6.08. The van der Waals surface area contributed by atoms with Gasteiger partial charge < -0.3 is 14.8 Å². The lowest BCUT2D eigenvalue weighted by Gasteiger charge is -2.40. The van der Waals surface area contributed by atoms with Crippen molar-refractivity contribution in [1.29, 1.82) is 0 Å². The largest absolute Gasteiger partial charge is 0.467 e. The number of hydrogen-bond donors (Lipinski definition) is 4. The molecule has 0 aromatic heterocycles. The van der Waals surface area contributed by atoms with Gasteiger partial charge in [0.05, 0.1) is 13.2 Å². The molecule has 0 atom stereocenters. The van der Waals surface area contributed by atoms with Crippen LogP contribution in [0.3, 0.4) is 0 Å². The van der Waals surface area contributed by atoms with Gasteiger partial charge in [0.15, 0.2) is 0 Å². The summed E-state index contributed by atoms with van der Waals surface area (Å²) in [6.07, 6.45) is 12.5. The van der Waals surface area contributed by atoms with Crippen molar-refractivity contribution in [3.8, 4) is 0 Å². The molecule has 33 heavy (non-hydrogen) atoms. The summed E-state index contributed by atoms with van der Waals surface area (Å²) in [6.45, 7) is 2.11. The van der Waals surface area contributed by atoms with Crippen LogP contribution < -0.4 is 21.3 Å². The molecule has 0 aromatic carbocycles. The number of ether oxygens (including phenoxy) is 2. The first kappa shape index (κ1) is 24.9. The van der Waals surface area contributed by atoms with Crippen molar-refractivity contribution in [2.75, 3.05) is 27.3 Å². The van der Waals surface area contributed by atoms with Crippen LogP contribution in [-0.2, 0) is 19.1 Å². The van der Waals surface area contributed by atoms with E-state index in [9.17, 15) is 9.59 Å². The highest BCUT2D eigenvalue weighted by Crippen LogP contribution is 2.34. The minimum atomic E-state index is -0.795. The van der Waals surface area contributed by atoms with Crippen molar-refractivity contribution in [3.05, 3.63) is 0 Å². The van der Waals surface area contributed by atoms with Crippen molar-refractivity contribution < 1.29 is 19.1 Å². The number of rotatable bonds is 7. The smallest absolute Gasteiger partial charge is 0.331 e. The SMILES string of the molecule is COC(=O)C1(NC(=O)C2CCC(NC3NCC(C4CCC(OC)CC4)CN3)CC2)CCCC1. The summed E-state index contributed by atoms with van der Waals surface area (Å²) < 4.78 is 10.5. The van der Waals surface area contributed by atoms with Gasteiger partial charge in [0.25, 0.3) is 0 Å². The van der Waals surface area contributed by atoms with Gasteiger partial charge in [0, 0.05) is 32.2 Å². The zero-order valence-electron chi connectivity index (χ0n) is 20.5. The highest BCUT2D eigenvalue weighted by Gasteiger charge is 2.44. The number of carbonyl (C=O) groups is 2. The van der Waals surface area contributed by atoms with Gasteiger partial charge in [0.2, 0.25) is 5.91 Å². The van der Waals surface area contributed by atoms with E-state index in [4.69, 9.17) is 9.47 Å². The first-order chi connectivity index (χ1) is 16.0. The second-order valence-electron chi connectivity index (χ2n) is 10.8. The fourth-order valence-electron chi connectivity index (χ4n) is 6.58. The first-order valence-electron chi connectivity index (χ1n) is 13.2. The number of carbonyl (C=O) groups excluding carboxylic acids is 2. The minimum Gasteiger partial charge on any atom is -0.467 e. The van der Waals surface area contributed by atoms with Crippen LogP contribution in [0, 0.1) is 17.8 Å². The molecule has 8 nitrogen and oxygen atoms in total. The van der Waals surface area contributed by atoms with Crippen molar-refractivity contribution in [3.63, 3.8) is 0 Å². The van der Waals surface area contributed by atoms with Gasteiger partial charge in [-0.25, -0.2) is 4.79 Å². The zero-order valence-corrected chi connectivity index (χ0v) is 20.5. The highest BCUT2D eigenvalue weighted by atomic mass is 16.5. The maximum absolute atomic E-state index is 12.9. The molecule has 0 bridgehead atoms. The lowest BCUT2D eigenvalue weighted by molar-refractivity contribution is -0.151. The molecule has 0 radical (unpaired) electrons. The molecule has 4 N–H and O–H groups in total. The van der Waals surface area contributed by atoms with E-state index in [-0.39, 0.29) is 24.1 Å². The van der Waals surface area contributed by atoms with Gasteiger partial charge >= 0.3 is 5.97 Å². The summed E-state index contributed by atoms with van der Waals surface area (Å²) in [5, 5.41) is 14.1. The molecule has 1 aliphatic heterocycles. The molecular formula is C25H44N4O4. The van der Waals surface area contributed by atoms with E-state index in [1.807, 2.05) is 7.11 Å². The molecule has 4 fully saturated rings. The van der Waals surface area contributed by atoms with Crippen LogP contribution in [0.5, 0.6) is 0 Å².